The van der Waals surface area contributed by atoms with Crippen molar-refractivity contribution in [3.63, 3.8) is 0 Å². The van der Waals surface area contributed by atoms with Crippen LogP contribution in [0.1, 0.15) is 17.2 Å². The number of halogens is 1. The van der Waals surface area contributed by atoms with Crippen LogP contribution in [0.25, 0.3) is 0 Å². The summed E-state index contributed by atoms with van der Waals surface area (Å²) in [5, 5.41) is 13.3. The Morgan fingerprint density at radius 3 is 2.36 bits per heavy atom. The minimum absolute atomic E-state index is 0. The molecule has 0 saturated heterocycles. The van der Waals surface area contributed by atoms with Gasteiger partial charge in [-0.1, -0.05) is 42.5 Å². The summed E-state index contributed by atoms with van der Waals surface area (Å²) in [6, 6.07) is 15.4. The van der Waals surface area contributed by atoms with E-state index in [9.17, 15) is 5.11 Å². The molecule has 0 aromatic heterocycles. The zero-order valence-corrected chi connectivity index (χ0v) is 13.6. The maximum absolute atomic E-state index is 10.1. The SMILES string of the molecule is COc1cccc(CNCC(O)c2ccccc2)c1OC.Cl. The maximum Gasteiger partial charge on any atom is 0.165 e. The summed E-state index contributed by atoms with van der Waals surface area (Å²) < 4.78 is 10.7. The standard InChI is InChI=1S/C17H21NO3.ClH/c1-20-16-10-6-9-14(17(16)21-2)11-18-12-15(19)13-7-4-3-5-8-13;/h3-10,15,18-19H,11-12H2,1-2H3;1H. The Kier molecular flexibility index (Phi) is 7.74. The Labute approximate surface area is 137 Å². The van der Waals surface area contributed by atoms with Gasteiger partial charge in [0.2, 0.25) is 0 Å². The Balaban J connectivity index is 0.00000242. The molecule has 2 N–H and O–H groups in total. The van der Waals surface area contributed by atoms with E-state index >= 15 is 0 Å². The van der Waals surface area contributed by atoms with E-state index in [4.69, 9.17) is 9.47 Å². The molecule has 2 rings (SSSR count). The van der Waals surface area contributed by atoms with Crippen molar-refractivity contribution in [3.8, 4) is 11.5 Å². The van der Waals surface area contributed by atoms with Crippen molar-refractivity contribution in [1.29, 1.82) is 0 Å². The van der Waals surface area contributed by atoms with Gasteiger partial charge in [0.15, 0.2) is 11.5 Å². The largest absolute Gasteiger partial charge is 0.493 e. The summed E-state index contributed by atoms with van der Waals surface area (Å²) in [6.07, 6.45) is -0.525. The van der Waals surface area contributed by atoms with E-state index in [1.54, 1.807) is 14.2 Å². The second-order valence-corrected chi connectivity index (χ2v) is 4.71. The zero-order valence-electron chi connectivity index (χ0n) is 12.8. The number of ether oxygens (including phenoxy) is 2. The lowest BCUT2D eigenvalue weighted by atomic mass is 10.1. The lowest BCUT2D eigenvalue weighted by Gasteiger charge is -2.15. The van der Waals surface area contributed by atoms with Gasteiger partial charge in [0.1, 0.15) is 0 Å². The van der Waals surface area contributed by atoms with Crippen LogP contribution in [0.2, 0.25) is 0 Å². The number of aliphatic hydroxyl groups excluding tert-OH is 1. The topological polar surface area (TPSA) is 50.7 Å². The van der Waals surface area contributed by atoms with Crippen molar-refractivity contribution in [2.75, 3.05) is 20.8 Å². The molecule has 4 nitrogen and oxygen atoms in total. The third-order valence-electron chi connectivity index (χ3n) is 3.32. The molecule has 0 aliphatic rings. The van der Waals surface area contributed by atoms with Crippen molar-refractivity contribution in [1.82, 2.24) is 5.32 Å². The van der Waals surface area contributed by atoms with E-state index in [0.29, 0.717) is 18.8 Å². The molecule has 120 valence electrons. The smallest absolute Gasteiger partial charge is 0.165 e. The number of hydrogen-bond donors (Lipinski definition) is 2. The highest BCUT2D eigenvalue weighted by molar-refractivity contribution is 5.85. The molecule has 5 heteroatoms. The molecule has 0 spiro atoms. The normalized spacial score (nSPS) is 11.4. The molecule has 0 heterocycles. The van der Waals surface area contributed by atoms with Gasteiger partial charge in [-0.05, 0) is 11.6 Å². The minimum Gasteiger partial charge on any atom is -0.493 e. The van der Waals surface area contributed by atoms with Gasteiger partial charge in [0.25, 0.3) is 0 Å². The van der Waals surface area contributed by atoms with E-state index in [1.807, 2.05) is 48.5 Å². The number of aliphatic hydroxyl groups is 1. The van der Waals surface area contributed by atoms with E-state index in [2.05, 4.69) is 5.32 Å². The fraction of sp³-hybridized carbons (Fsp3) is 0.294. The molecular formula is C17H22ClNO3. The van der Waals surface area contributed by atoms with Crippen LogP contribution in [0.3, 0.4) is 0 Å². The van der Waals surface area contributed by atoms with Crippen molar-refractivity contribution in [2.45, 2.75) is 12.6 Å². The lowest BCUT2D eigenvalue weighted by molar-refractivity contribution is 0.174. The molecular weight excluding hydrogens is 302 g/mol. The molecule has 0 aliphatic carbocycles. The first kappa shape index (κ1) is 18.3. The molecule has 22 heavy (non-hydrogen) atoms. The highest BCUT2D eigenvalue weighted by Crippen LogP contribution is 2.30. The predicted octanol–water partition coefficient (Wildman–Crippen LogP) is 2.95. The van der Waals surface area contributed by atoms with Crippen molar-refractivity contribution < 1.29 is 14.6 Å². The van der Waals surface area contributed by atoms with E-state index in [-0.39, 0.29) is 12.4 Å². The minimum atomic E-state index is -0.525. The summed E-state index contributed by atoms with van der Waals surface area (Å²) in [6.45, 7) is 1.08. The number of hydrogen-bond acceptors (Lipinski definition) is 4. The molecule has 0 fully saturated rings. The summed E-state index contributed by atoms with van der Waals surface area (Å²) in [5.74, 6) is 1.43. The van der Waals surface area contributed by atoms with Crippen LogP contribution in [0.15, 0.2) is 48.5 Å². The molecule has 0 amide bonds. The van der Waals surface area contributed by atoms with Gasteiger partial charge in [-0.3, -0.25) is 0 Å². The van der Waals surface area contributed by atoms with Crippen LogP contribution in [-0.2, 0) is 6.54 Å². The van der Waals surface area contributed by atoms with Gasteiger partial charge in [0, 0.05) is 18.7 Å². The third kappa shape index (κ3) is 4.63. The predicted molar refractivity (Wildman–Crippen MR) is 89.9 cm³/mol. The molecule has 1 atom stereocenters. The fourth-order valence-electron chi connectivity index (χ4n) is 2.23. The van der Waals surface area contributed by atoms with Crippen molar-refractivity contribution in [2.24, 2.45) is 0 Å². The molecule has 0 aliphatic heterocycles. The van der Waals surface area contributed by atoms with Crippen LogP contribution in [-0.4, -0.2) is 25.9 Å². The van der Waals surface area contributed by atoms with E-state index in [1.165, 1.54) is 0 Å². The number of para-hydroxylation sites is 1. The van der Waals surface area contributed by atoms with Crippen LogP contribution in [0.4, 0.5) is 0 Å². The summed E-state index contributed by atoms with van der Waals surface area (Å²) in [5.41, 5.74) is 1.90. The number of benzene rings is 2. The van der Waals surface area contributed by atoms with Gasteiger partial charge in [-0.25, -0.2) is 0 Å². The number of nitrogens with one attached hydrogen (secondary N) is 1. The first-order valence-corrected chi connectivity index (χ1v) is 6.90. The molecule has 0 radical (unpaired) electrons. The first-order valence-electron chi connectivity index (χ1n) is 6.90. The first-order chi connectivity index (χ1) is 10.3. The summed E-state index contributed by atoms with van der Waals surface area (Å²) >= 11 is 0. The summed E-state index contributed by atoms with van der Waals surface area (Å²) in [7, 11) is 3.24. The molecule has 2 aromatic rings. The molecule has 0 saturated carbocycles. The molecule has 2 aromatic carbocycles. The van der Waals surface area contributed by atoms with E-state index < -0.39 is 6.10 Å². The Bertz CT molecular complexity index is 563. The Morgan fingerprint density at radius 1 is 1.00 bits per heavy atom. The highest BCUT2D eigenvalue weighted by Gasteiger charge is 2.10. The highest BCUT2D eigenvalue weighted by atomic mass is 35.5. The van der Waals surface area contributed by atoms with E-state index in [0.717, 1.165) is 16.9 Å². The Hall–Kier alpha value is -1.75. The monoisotopic (exact) mass is 323 g/mol. The van der Waals surface area contributed by atoms with Crippen LogP contribution >= 0.6 is 12.4 Å². The summed E-state index contributed by atoms with van der Waals surface area (Å²) in [4.78, 5) is 0. The Morgan fingerprint density at radius 2 is 1.73 bits per heavy atom. The number of methoxy groups -OCH3 is 2. The van der Waals surface area contributed by atoms with Gasteiger partial charge in [-0.15, -0.1) is 12.4 Å². The van der Waals surface area contributed by atoms with Gasteiger partial charge in [0.05, 0.1) is 20.3 Å². The van der Waals surface area contributed by atoms with Crippen molar-refractivity contribution >= 4 is 12.4 Å². The second-order valence-electron chi connectivity index (χ2n) is 4.71. The fourth-order valence-corrected chi connectivity index (χ4v) is 2.23. The van der Waals surface area contributed by atoms with Gasteiger partial charge >= 0.3 is 0 Å². The molecule has 1 unspecified atom stereocenters. The van der Waals surface area contributed by atoms with Crippen LogP contribution in [0, 0.1) is 0 Å². The average molecular weight is 324 g/mol. The van der Waals surface area contributed by atoms with Crippen LogP contribution in [0.5, 0.6) is 11.5 Å². The second kappa shape index (κ2) is 9.30. The van der Waals surface area contributed by atoms with Crippen molar-refractivity contribution in [3.05, 3.63) is 59.7 Å². The lowest BCUT2D eigenvalue weighted by Crippen LogP contribution is -2.21. The van der Waals surface area contributed by atoms with Gasteiger partial charge in [-0.2, -0.15) is 0 Å². The quantitative estimate of drug-likeness (QED) is 0.822. The number of rotatable bonds is 7. The molecule has 0 bridgehead atoms. The zero-order chi connectivity index (χ0) is 15.1. The van der Waals surface area contributed by atoms with Crippen LogP contribution < -0.4 is 14.8 Å². The van der Waals surface area contributed by atoms with Gasteiger partial charge < -0.3 is 19.9 Å². The third-order valence-corrected chi connectivity index (χ3v) is 3.32. The maximum atomic E-state index is 10.1. The average Bonchev–Trinajstić information content (AvgIpc) is 2.55.